The second-order valence-electron chi connectivity index (χ2n) is 10.7. The minimum atomic E-state index is -0.697. The van der Waals surface area contributed by atoms with Gasteiger partial charge in [0.1, 0.15) is 11.6 Å². The maximum atomic E-state index is 15.2. The van der Waals surface area contributed by atoms with Crippen molar-refractivity contribution in [1.29, 1.82) is 0 Å². The van der Waals surface area contributed by atoms with E-state index in [1.54, 1.807) is 30.7 Å². The molecular formula is C29H33F2N7O2. The van der Waals surface area contributed by atoms with Crippen LogP contribution < -0.4 is 16.0 Å². The van der Waals surface area contributed by atoms with Gasteiger partial charge < -0.3 is 25.4 Å². The van der Waals surface area contributed by atoms with Gasteiger partial charge in [0.2, 0.25) is 5.95 Å². The predicted octanol–water partition coefficient (Wildman–Crippen LogP) is 4.68. The molecule has 11 heteroatoms. The number of anilines is 3. The SMILES string of the molecule is C[C@@H]1C[C@H](N)CN(c2ccncc2Nc2ncc3ccc(-c4c(F)cc(COC5CCOCC5)cc4F)nn23)C1. The summed E-state index contributed by atoms with van der Waals surface area (Å²) in [6, 6.07) is 7.97. The van der Waals surface area contributed by atoms with E-state index in [4.69, 9.17) is 15.2 Å². The van der Waals surface area contributed by atoms with Gasteiger partial charge in [-0.05, 0) is 61.1 Å². The molecule has 0 bridgehead atoms. The smallest absolute Gasteiger partial charge is 0.229 e. The Morgan fingerprint density at radius 3 is 2.67 bits per heavy atom. The lowest BCUT2D eigenvalue weighted by Gasteiger charge is -2.37. The molecule has 0 saturated carbocycles. The molecular weight excluding hydrogens is 516 g/mol. The Labute approximate surface area is 231 Å². The number of imidazole rings is 1. The van der Waals surface area contributed by atoms with Crippen LogP contribution >= 0.6 is 0 Å². The van der Waals surface area contributed by atoms with Gasteiger partial charge in [0.05, 0.1) is 53.3 Å². The minimum absolute atomic E-state index is 0.0335. The Hall–Kier alpha value is -3.67. The molecule has 4 aromatic rings. The molecule has 40 heavy (non-hydrogen) atoms. The Morgan fingerprint density at radius 1 is 1.10 bits per heavy atom. The Kier molecular flexibility index (Phi) is 7.59. The summed E-state index contributed by atoms with van der Waals surface area (Å²) in [5, 5.41) is 7.87. The molecule has 5 heterocycles. The number of rotatable bonds is 7. The average Bonchev–Trinajstić information content (AvgIpc) is 3.34. The predicted molar refractivity (Wildman–Crippen MR) is 148 cm³/mol. The molecule has 2 aliphatic heterocycles. The largest absolute Gasteiger partial charge is 0.381 e. The number of nitrogens with two attached hydrogens (primary N) is 1. The average molecular weight is 550 g/mol. The summed E-state index contributed by atoms with van der Waals surface area (Å²) in [6.45, 7) is 5.22. The molecule has 9 nitrogen and oxygen atoms in total. The van der Waals surface area contributed by atoms with Gasteiger partial charge in [-0.3, -0.25) is 4.98 Å². The first-order valence-corrected chi connectivity index (χ1v) is 13.7. The lowest BCUT2D eigenvalue weighted by Crippen LogP contribution is -2.46. The molecule has 6 rings (SSSR count). The van der Waals surface area contributed by atoms with Gasteiger partial charge in [0.15, 0.2) is 0 Å². The van der Waals surface area contributed by atoms with Crippen LogP contribution in [0.4, 0.5) is 26.1 Å². The highest BCUT2D eigenvalue weighted by Crippen LogP contribution is 2.32. The van der Waals surface area contributed by atoms with Crippen molar-refractivity contribution in [3.63, 3.8) is 0 Å². The highest BCUT2D eigenvalue weighted by atomic mass is 19.1. The van der Waals surface area contributed by atoms with Gasteiger partial charge in [0.25, 0.3) is 0 Å². The molecule has 2 fully saturated rings. The van der Waals surface area contributed by atoms with Crippen molar-refractivity contribution in [3.05, 3.63) is 66.1 Å². The van der Waals surface area contributed by atoms with Crippen LogP contribution in [0.3, 0.4) is 0 Å². The van der Waals surface area contributed by atoms with Crippen LogP contribution in [0.2, 0.25) is 0 Å². The molecule has 3 N–H and O–H groups in total. The van der Waals surface area contributed by atoms with E-state index in [2.05, 4.69) is 32.2 Å². The number of nitrogens with zero attached hydrogens (tertiary/aromatic N) is 5. The standard InChI is InChI=1S/C29H33F2N7O2/c1-18-10-20(32)16-37(15-18)27-4-7-33-14-26(27)35-29-34-13-21-2-3-25(36-38(21)29)28-23(30)11-19(12-24(28)31)17-40-22-5-8-39-9-6-22/h2-4,7,11-14,18,20,22H,5-6,8-10,15-17,32H2,1H3,(H,34,35)/t18-,20+/m1/s1. The van der Waals surface area contributed by atoms with Crippen LogP contribution in [0.5, 0.6) is 0 Å². The van der Waals surface area contributed by atoms with Crippen molar-refractivity contribution < 1.29 is 18.3 Å². The fourth-order valence-corrected chi connectivity index (χ4v) is 5.59. The maximum absolute atomic E-state index is 15.2. The third-order valence-corrected chi connectivity index (χ3v) is 7.47. The second kappa shape index (κ2) is 11.4. The lowest BCUT2D eigenvalue weighted by molar-refractivity contribution is -0.0391. The molecule has 2 aliphatic rings. The molecule has 1 aromatic carbocycles. The first-order chi connectivity index (χ1) is 19.4. The monoisotopic (exact) mass is 549 g/mol. The highest BCUT2D eigenvalue weighted by Gasteiger charge is 2.25. The second-order valence-corrected chi connectivity index (χ2v) is 10.7. The third kappa shape index (κ3) is 5.63. The summed E-state index contributed by atoms with van der Waals surface area (Å²) in [6.07, 6.45) is 7.70. The van der Waals surface area contributed by atoms with Crippen LogP contribution in [0.25, 0.3) is 16.8 Å². The zero-order valence-corrected chi connectivity index (χ0v) is 22.4. The molecule has 0 aliphatic carbocycles. The number of halogens is 2. The van der Waals surface area contributed by atoms with Crippen molar-refractivity contribution in [2.24, 2.45) is 11.7 Å². The van der Waals surface area contributed by atoms with E-state index in [1.807, 2.05) is 6.07 Å². The number of hydrogen-bond acceptors (Lipinski definition) is 8. The Morgan fingerprint density at radius 2 is 1.90 bits per heavy atom. The first kappa shape index (κ1) is 26.5. The van der Waals surface area contributed by atoms with Crippen LogP contribution in [-0.2, 0) is 16.1 Å². The molecule has 0 amide bonds. The van der Waals surface area contributed by atoms with E-state index in [-0.39, 0.29) is 30.0 Å². The summed E-state index contributed by atoms with van der Waals surface area (Å²) in [5.74, 6) is -0.525. The summed E-state index contributed by atoms with van der Waals surface area (Å²) < 4.78 is 43.2. The fourth-order valence-electron chi connectivity index (χ4n) is 5.59. The number of pyridine rings is 1. The maximum Gasteiger partial charge on any atom is 0.229 e. The van der Waals surface area contributed by atoms with Crippen molar-refractivity contribution >= 4 is 22.8 Å². The van der Waals surface area contributed by atoms with Crippen molar-refractivity contribution in [1.82, 2.24) is 19.6 Å². The third-order valence-electron chi connectivity index (χ3n) is 7.47. The van der Waals surface area contributed by atoms with Gasteiger partial charge in [0, 0.05) is 38.5 Å². The van der Waals surface area contributed by atoms with Gasteiger partial charge >= 0.3 is 0 Å². The van der Waals surface area contributed by atoms with Gasteiger partial charge in [-0.15, -0.1) is 0 Å². The number of piperidine rings is 1. The lowest BCUT2D eigenvalue weighted by atomic mass is 9.96. The summed E-state index contributed by atoms with van der Waals surface area (Å²) >= 11 is 0. The van der Waals surface area contributed by atoms with Gasteiger partial charge in [-0.2, -0.15) is 9.61 Å². The van der Waals surface area contributed by atoms with Crippen molar-refractivity contribution in [2.45, 2.75) is 44.9 Å². The van der Waals surface area contributed by atoms with E-state index in [0.29, 0.717) is 36.2 Å². The molecule has 0 spiro atoms. The zero-order valence-electron chi connectivity index (χ0n) is 22.4. The van der Waals surface area contributed by atoms with Crippen LogP contribution in [0, 0.1) is 17.6 Å². The molecule has 2 saturated heterocycles. The number of benzene rings is 1. The normalized spacial score (nSPS) is 20.2. The number of aromatic nitrogens is 4. The topological polar surface area (TPSA) is 103 Å². The molecule has 0 unspecified atom stereocenters. The summed E-state index contributed by atoms with van der Waals surface area (Å²) in [5.41, 5.74) is 9.06. The van der Waals surface area contributed by atoms with Crippen molar-refractivity contribution in [3.8, 4) is 11.3 Å². The quantitative estimate of drug-likeness (QED) is 0.343. The molecule has 3 aromatic heterocycles. The van der Waals surface area contributed by atoms with Crippen LogP contribution in [0.1, 0.15) is 31.7 Å². The molecule has 2 atom stereocenters. The number of hydrogen-bond donors (Lipinski definition) is 2. The van der Waals surface area contributed by atoms with Crippen LogP contribution in [-0.4, -0.2) is 58.0 Å². The highest BCUT2D eigenvalue weighted by molar-refractivity contribution is 5.74. The zero-order chi connectivity index (χ0) is 27.6. The number of nitrogens with one attached hydrogen (secondary N) is 1. The fraction of sp³-hybridized carbons (Fsp3) is 0.414. The minimum Gasteiger partial charge on any atom is -0.381 e. The van der Waals surface area contributed by atoms with Gasteiger partial charge in [-0.25, -0.2) is 13.8 Å². The van der Waals surface area contributed by atoms with E-state index < -0.39 is 11.6 Å². The Bertz CT molecular complexity index is 1460. The van der Waals surface area contributed by atoms with Crippen molar-refractivity contribution in [2.75, 3.05) is 36.5 Å². The summed E-state index contributed by atoms with van der Waals surface area (Å²) in [7, 11) is 0. The molecule has 210 valence electrons. The van der Waals surface area contributed by atoms with E-state index in [0.717, 1.165) is 43.7 Å². The van der Waals surface area contributed by atoms with E-state index >= 15 is 8.78 Å². The molecule has 0 radical (unpaired) electrons. The van der Waals surface area contributed by atoms with E-state index in [9.17, 15) is 0 Å². The van der Waals surface area contributed by atoms with E-state index in [1.165, 1.54) is 16.6 Å². The first-order valence-electron chi connectivity index (χ1n) is 13.7. The van der Waals surface area contributed by atoms with Gasteiger partial charge in [-0.1, -0.05) is 6.92 Å². The van der Waals surface area contributed by atoms with Crippen LogP contribution in [0.15, 0.2) is 48.9 Å². The number of fused-ring (bicyclic) bond motifs is 1. The number of ether oxygens (including phenoxy) is 2. The Balaban J connectivity index is 1.26. The summed E-state index contributed by atoms with van der Waals surface area (Å²) in [4.78, 5) is 11.0.